The van der Waals surface area contributed by atoms with Crippen molar-refractivity contribution in [2.45, 2.75) is 43.9 Å². The Morgan fingerprint density at radius 1 is 1.33 bits per heavy atom. The third-order valence-electron chi connectivity index (χ3n) is 4.55. The number of aryl methyl sites for hydroxylation is 1. The molecule has 3 saturated carbocycles. The molecule has 82 valence electrons. The normalized spacial score (nSPS) is 34.6. The van der Waals surface area contributed by atoms with Gasteiger partial charge in [-0.15, -0.1) is 0 Å². The highest BCUT2D eigenvalue weighted by Gasteiger charge is 2.43. The van der Waals surface area contributed by atoms with Gasteiger partial charge in [0.1, 0.15) is 5.82 Å². The highest BCUT2D eigenvalue weighted by Crippen LogP contribution is 2.51. The summed E-state index contributed by atoms with van der Waals surface area (Å²) in [6, 6.07) is 2.09. The summed E-state index contributed by atoms with van der Waals surface area (Å²) in [6.07, 6.45) is 8.18. The summed E-state index contributed by atoms with van der Waals surface area (Å²) in [5.41, 5.74) is 7.50. The summed E-state index contributed by atoms with van der Waals surface area (Å²) in [4.78, 5) is 0. The van der Waals surface area contributed by atoms with Crippen molar-refractivity contribution >= 4 is 5.82 Å². The minimum atomic E-state index is 0.379. The molecule has 0 atom stereocenters. The van der Waals surface area contributed by atoms with Crippen LogP contribution >= 0.6 is 0 Å². The molecule has 0 saturated heterocycles. The van der Waals surface area contributed by atoms with Gasteiger partial charge in [0.25, 0.3) is 0 Å². The standard InChI is InChI=1S/C12H19N3/c1-15-11(13)8-10(14-15)12-5-2-9(3-6-12)4-7-12/h8-9H,2-7,13H2,1H3. The van der Waals surface area contributed by atoms with Crippen LogP contribution in [-0.2, 0) is 12.5 Å². The van der Waals surface area contributed by atoms with Crippen LogP contribution in [0, 0.1) is 5.92 Å². The van der Waals surface area contributed by atoms with E-state index in [1.54, 1.807) is 0 Å². The highest BCUT2D eigenvalue weighted by molar-refractivity contribution is 5.35. The Hall–Kier alpha value is -0.990. The van der Waals surface area contributed by atoms with E-state index in [4.69, 9.17) is 5.73 Å². The molecule has 0 unspecified atom stereocenters. The molecule has 4 rings (SSSR count). The first-order valence-electron chi connectivity index (χ1n) is 6.00. The first kappa shape index (κ1) is 9.25. The number of nitrogens with zero attached hydrogens (tertiary/aromatic N) is 2. The van der Waals surface area contributed by atoms with Crippen molar-refractivity contribution in [1.29, 1.82) is 0 Å². The Balaban J connectivity index is 1.97. The lowest BCUT2D eigenvalue weighted by Crippen LogP contribution is -2.38. The minimum absolute atomic E-state index is 0.379. The summed E-state index contributed by atoms with van der Waals surface area (Å²) in [5, 5.41) is 4.59. The Morgan fingerprint density at radius 3 is 2.40 bits per heavy atom. The molecule has 0 radical (unpaired) electrons. The number of rotatable bonds is 1. The molecule has 2 bridgehead atoms. The molecule has 3 aliphatic rings. The average molecular weight is 205 g/mol. The summed E-state index contributed by atoms with van der Waals surface area (Å²) in [6.45, 7) is 0. The summed E-state index contributed by atoms with van der Waals surface area (Å²) >= 11 is 0. The van der Waals surface area contributed by atoms with Crippen molar-refractivity contribution in [3.8, 4) is 0 Å². The van der Waals surface area contributed by atoms with Gasteiger partial charge in [-0.1, -0.05) is 0 Å². The zero-order valence-corrected chi connectivity index (χ0v) is 9.37. The van der Waals surface area contributed by atoms with Crippen LogP contribution in [0.25, 0.3) is 0 Å². The van der Waals surface area contributed by atoms with E-state index in [2.05, 4.69) is 11.2 Å². The van der Waals surface area contributed by atoms with Gasteiger partial charge in [0, 0.05) is 18.5 Å². The Labute approximate surface area is 90.7 Å². The van der Waals surface area contributed by atoms with Crippen LogP contribution in [0.4, 0.5) is 5.82 Å². The SMILES string of the molecule is Cn1nc(C23CCC(CC2)CC3)cc1N. The molecule has 0 spiro atoms. The van der Waals surface area contributed by atoms with Crippen LogP contribution in [-0.4, -0.2) is 9.78 Å². The molecule has 2 N–H and O–H groups in total. The van der Waals surface area contributed by atoms with Crippen molar-refractivity contribution < 1.29 is 0 Å². The molecule has 0 aliphatic heterocycles. The van der Waals surface area contributed by atoms with Gasteiger partial charge in [0.2, 0.25) is 0 Å². The second-order valence-electron chi connectivity index (χ2n) is 5.34. The smallest absolute Gasteiger partial charge is 0.121 e. The van der Waals surface area contributed by atoms with Crippen LogP contribution in [0.5, 0.6) is 0 Å². The maximum atomic E-state index is 5.87. The van der Waals surface area contributed by atoms with Crippen LogP contribution in [0.3, 0.4) is 0 Å². The minimum Gasteiger partial charge on any atom is -0.384 e. The zero-order chi connectivity index (χ0) is 10.5. The second-order valence-corrected chi connectivity index (χ2v) is 5.34. The molecule has 1 aromatic rings. The first-order chi connectivity index (χ1) is 7.20. The van der Waals surface area contributed by atoms with Gasteiger partial charge in [-0.25, -0.2) is 0 Å². The molecule has 15 heavy (non-hydrogen) atoms. The van der Waals surface area contributed by atoms with Gasteiger partial charge in [-0.05, 0) is 44.4 Å². The fourth-order valence-corrected chi connectivity index (χ4v) is 3.37. The van der Waals surface area contributed by atoms with Gasteiger partial charge in [0.15, 0.2) is 0 Å². The van der Waals surface area contributed by atoms with Crippen molar-refractivity contribution in [3.63, 3.8) is 0 Å². The van der Waals surface area contributed by atoms with E-state index in [1.807, 2.05) is 11.7 Å². The monoisotopic (exact) mass is 205 g/mol. The zero-order valence-electron chi connectivity index (χ0n) is 9.37. The van der Waals surface area contributed by atoms with Crippen molar-refractivity contribution in [1.82, 2.24) is 9.78 Å². The Morgan fingerprint density at radius 2 is 1.93 bits per heavy atom. The van der Waals surface area contributed by atoms with Gasteiger partial charge >= 0.3 is 0 Å². The maximum absolute atomic E-state index is 5.87. The first-order valence-corrected chi connectivity index (χ1v) is 6.00. The number of hydrogen-bond acceptors (Lipinski definition) is 2. The summed E-state index contributed by atoms with van der Waals surface area (Å²) in [7, 11) is 1.93. The lowest BCUT2D eigenvalue weighted by atomic mass is 9.59. The number of aromatic nitrogens is 2. The molecule has 3 heteroatoms. The van der Waals surface area contributed by atoms with Crippen LogP contribution in [0.1, 0.15) is 44.2 Å². The van der Waals surface area contributed by atoms with Crippen molar-refractivity contribution in [2.24, 2.45) is 13.0 Å². The van der Waals surface area contributed by atoms with Crippen LogP contribution in [0.15, 0.2) is 6.07 Å². The maximum Gasteiger partial charge on any atom is 0.121 e. The number of hydrogen-bond donors (Lipinski definition) is 1. The molecular formula is C12H19N3. The van der Waals surface area contributed by atoms with Crippen LogP contribution in [0.2, 0.25) is 0 Å². The Kier molecular flexibility index (Phi) is 1.85. The largest absolute Gasteiger partial charge is 0.384 e. The number of anilines is 1. The van der Waals surface area contributed by atoms with Gasteiger partial charge < -0.3 is 5.73 Å². The molecule has 0 aromatic carbocycles. The average Bonchev–Trinajstić information content (AvgIpc) is 2.63. The molecule has 1 heterocycles. The van der Waals surface area contributed by atoms with E-state index in [-0.39, 0.29) is 0 Å². The number of nitrogens with two attached hydrogens (primary N) is 1. The summed E-state index contributed by atoms with van der Waals surface area (Å²) in [5.74, 6) is 1.81. The lowest BCUT2D eigenvalue weighted by molar-refractivity contribution is 0.131. The molecule has 1 aromatic heterocycles. The fraction of sp³-hybridized carbons (Fsp3) is 0.750. The van der Waals surface area contributed by atoms with Crippen molar-refractivity contribution in [2.75, 3.05) is 5.73 Å². The third kappa shape index (κ3) is 1.29. The molecule has 3 fully saturated rings. The topological polar surface area (TPSA) is 43.8 Å². The second kappa shape index (κ2) is 3.00. The Bertz CT molecular complexity index is 339. The number of fused-ring (bicyclic) bond motifs is 3. The number of nitrogen functional groups attached to an aromatic ring is 1. The predicted molar refractivity (Wildman–Crippen MR) is 60.5 cm³/mol. The van der Waals surface area contributed by atoms with Gasteiger partial charge in [0.05, 0.1) is 5.69 Å². The van der Waals surface area contributed by atoms with E-state index in [1.165, 1.54) is 44.2 Å². The van der Waals surface area contributed by atoms with E-state index >= 15 is 0 Å². The molecule has 3 nitrogen and oxygen atoms in total. The molecular weight excluding hydrogens is 186 g/mol. The van der Waals surface area contributed by atoms with Crippen LogP contribution < -0.4 is 5.73 Å². The van der Waals surface area contributed by atoms with Gasteiger partial charge in [-0.2, -0.15) is 5.10 Å². The van der Waals surface area contributed by atoms with E-state index < -0.39 is 0 Å². The van der Waals surface area contributed by atoms with Gasteiger partial charge in [-0.3, -0.25) is 4.68 Å². The fourth-order valence-electron chi connectivity index (χ4n) is 3.37. The molecule has 3 aliphatic carbocycles. The lowest BCUT2D eigenvalue weighted by Gasteiger charge is -2.45. The van der Waals surface area contributed by atoms with Crippen molar-refractivity contribution in [3.05, 3.63) is 11.8 Å². The quantitative estimate of drug-likeness (QED) is 0.764. The van der Waals surface area contributed by atoms with E-state index in [9.17, 15) is 0 Å². The summed E-state index contributed by atoms with van der Waals surface area (Å²) < 4.78 is 1.81. The highest BCUT2D eigenvalue weighted by atomic mass is 15.3. The van der Waals surface area contributed by atoms with E-state index in [0.717, 1.165) is 11.7 Å². The molecule has 0 amide bonds. The predicted octanol–water partition coefficient (Wildman–Crippen LogP) is 2.22. The third-order valence-corrected chi connectivity index (χ3v) is 4.55. The van der Waals surface area contributed by atoms with E-state index in [0.29, 0.717) is 5.41 Å².